The molecule has 0 N–H and O–H groups in total. The Labute approximate surface area is 91.3 Å². The van der Waals surface area contributed by atoms with Crippen molar-refractivity contribution in [3.8, 4) is 0 Å². The van der Waals surface area contributed by atoms with E-state index in [4.69, 9.17) is 4.74 Å². The lowest BCUT2D eigenvalue weighted by Gasteiger charge is -2.08. The number of allylic oxidation sites excluding steroid dienone is 3. The summed E-state index contributed by atoms with van der Waals surface area (Å²) in [6, 6.07) is 0. The minimum Gasteiger partial charge on any atom is -0.455 e. The Kier molecular flexibility index (Phi) is 4.88. The highest BCUT2D eigenvalue weighted by atomic mass is 16.5. The number of esters is 1. The van der Waals surface area contributed by atoms with Crippen LogP contribution in [0.15, 0.2) is 36.5 Å². The SMILES string of the molecule is C=C[C@@H](C)OC(=O)/C=C/C1=CCCCC1. The zero-order valence-electron chi connectivity index (χ0n) is 9.24. The normalized spacial score (nSPS) is 18.3. The van der Waals surface area contributed by atoms with Gasteiger partial charge in [0.2, 0.25) is 0 Å². The van der Waals surface area contributed by atoms with Gasteiger partial charge in [-0.2, -0.15) is 0 Å². The number of hydrogen-bond acceptors (Lipinski definition) is 2. The van der Waals surface area contributed by atoms with E-state index in [1.165, 1.54) is 24.5 Å². The van der Waals surface area contributed by atoms with Gasteiger partial charge in [0.1, 0.15) is 6.10 Å². The number of hydrogen-bond donors (Lipinski definition) is 0. The molecule has 2 nitrogen and oxygen atoms in total. The van der Waals surface area contributed by atoms with Crippen molar-refractivity contribution in [2.24, 2.45) is 0 Å². The van der Waals surface area contributed by atoms with Crippen molar-refractivity contribution in [2.45, 2.75) is 38.7 Å². The van der Waals surface area contributed by atoms with Gasteiger partial charge in [-0.1, -0.05) is 30.4 Å². The van der Waals surface area contributed by atoms with Gasteiger partial charge in [-0.25, -0.2) is 4.79 Å². The average Bonchev–Trinajstić information content (AvgIpc) is 2.27. The summed E-state index contributed by atoms with van der Waals surface area (Å²) in [6.45, 7) is 5.34. The first-order valence-electron chi connectivity index (χ1n) is 5.42. The predicted octanol–water partition coefficient (Wildman–Crippen LogP) is 3.16. The van der Waals surface area contributed by atoms with Crippen molar-refractivity contribution in [2.75, 3.05) is 0 Å². The molecule has 2 heteroatoms. The molecule has 0 unspecified atom stereocenters. The van der Waals surface area contributed by atoms with Crippen LogP contribution < -0.4 is 0 Å². The van der Waals surface area contributed by atoms with Crippen molar-refractivity contribution in [3.05, 3.63) is 36.5 Å². The number of carbonyl (C=O) groups is 1. The predicted molar refractivity (Wildman–Crippen MR) is 61.4 cm³/mol. The fourth-order valence-electron chi connectivity index (χ4n) is 1.46. The summed E-state index contributed by atoms with van der Waals surface area (Å²) in [5, 5.41) is 0. The molecule has 0 fully saturated rings. The van der Waals surface area contributed by atoms with Crippen LogP contribution in [0.2, 0.25) is 0 Å². The molecule has 0 heterocycles. The van der Waals surface area contributed by atoms with Crippen LogP contribution in [0.25, 0.3) is 0 Å². The molecular formula is C13H18O2. The Balaban J connectivity index is 2.39. The molecule has 0 aromatic rings. The van der Waals surface area contributed by atoms with E-state index in [1.54, 1.807) is 13.0 Å². The Hall–Kier alpha value is -1.31. The summed E-state index contributed by atoms with van der Waals surface area (Å²) in [7, 11) is 0. The molecule has 0 aromatic heterocycles. The van der Waals surface area contributed by atoms with Crippen LogP contribution >= 0.6 is 0 Å². The van der Waals surface area contributed by atoms with Crippen molar-refractivity contribution < 1.29 is 9.53 Å². The third-order valence-corrected chi connectivity index (χ3v) is 2.39. The van der Waals surface area contributed by atoms with Gasteiger partial charge < -0.3 is 4.74 Å². The molecule has 0 radical (unpaired) electrons. The minimum atomic E-state index is -0.297. The fraction of sp³-hybridized carbons (Fsp3) is 0.462. The summed E-state index contributed by atoms with van der Waals surface area (Å²) in [6.07, 6.45) is 11.6. The first-order valence-corrected chi connectivity index (χ1v) is 5.42. The van der Waals surface area contributed by atoms with Gasteiger partial charge in [0.05, 0.1) is 0 Å². The largest absolute Gasteiger partial charge is 0.455 e. The van der Waals surface area contributed by atoms with Crippen LogP contribution in [-0.2, 0) is 9.53 Å². The van der Waals surface area contributed by atoms with Crippen LogP contribution in [0.5, 0.6) is 0 Å². The maximum Gasteiger partial charge on any atom is 0.331 e. The summed E-state index contributed by atoms with van der Waals surface area (Å²) in [5.41, 5.74) is 1.24. The van der Waals surface area contributed by atoms with Gasteiger partial charge in [0.25, 0.3) is 0 Å². The molecule has 1 aliphatic carbocycles. The monoisotopic (exact) mass is 206 g/mol. The van der Waals surface area contributed by atoms with E-state index in [0.717, 1.165) is 12.8 Å². The van der Waals surface area contributed by atoms with Crippen LogP contribution in [-0.4, -0.2) is 12.1 Å². The van der Waals surface area contributed by atoms with Gasteiger partial charge in [-0.05, 0) is 32.6 Å². The lowest BCUT2D eigenvalue weighted by atomic mass is 9.99. The number of ether oxygens (including phenoxy) is 1. The van der Waals surface area contributed by atoms with E-state index >= 15 is 0 Å². The van der Waals surface area contributed by atoms with Crippen molar-refractivity contribution in [1.29, 1.82) is 0 Å². The summed E-state index contributed by atoms with van der Waals surface area (Å²) >= 11 is 0. The molecular weight excluding hydrogens is 188 g/mol. The fourth-order valence-corrected chi connectivity index (χ4v) is 1.46. The molecule has 0 aliphatic heterocycles. The van der Waals surface area contributed by atoms with Gasteiger partial charge in [0, 0.05) is 6.08 Å². The number of rotatable bonds is 4. The minimum absolute atomic E-state index is 0.220. The molecule has 1 rings (SSSR count). The molecule has 0 amide bonds. The Bertz CT molecular complexity index is 287. The molecule has 15 heavy (non-hydrogen) atoms. The zero-order valence-corrected chi connectivity index (χ0v) is 9.24. The Morgan fingerprint density at radius 2 is 2.40 bits per heavy atom. The van der Waals surface area contributed by atoms with Gasteiger partial charge in [0.15, 0.2) is 0 Å². The maximum atomic E-state index is 11.3. The standard InChI is InChI=1S/C13H18O2/c1-3-11(2)15-13(14)10-9-12-7-5-4-6-8-12/h3,7,9-11H,1,4-6,8H2,2H3/b10-9+/t11-/m1/s1. The van der Waals surface area contributed by atoms with Crippen molar-refractivity contribution >= 4 is 5.97 Å². The average molecular weight is 206 g/mol. The first kappa shape index (κ1) is 11.8. The van der Waals surface area contributed by atoms with Crippen LogP contribution in [0.4, 0.5) is 0 Å². The quantitative estimate of drug-likeness (QED) is 0.401. The molecule has 82 valence electrons. The van der Waals surface area contributed by atoms with Crippen LogP contribution in [0, 0.1) is 0 Å². The van der Waals surface area contributed by atoms with E-state index in [2.05, 4.69) is 12.7 Å². The Morgan fingerprint density at radius 1 is 1.60 bits per heavy atom. The summed E-state index contributed by atoms with van der Waals surface area (Å²) in [5.74, 6) is -0.297. The third kappa shape index (κ3) is 4.63. The zero-order chi connectivity index (χ0) is 11.1. The highest BCUT2D eigenvalue weighted by molar-refractivity contribution is 5.82. The van der Waals surface area contributed by atoms with E-state index in [1.807, 2.05) is 6.08 Å². The molecule has 0 bridgehead atoms. The lowest BCUT2D eigenvalue weighted by Crippen LogP contribution is -2.09. The maximum absolute atomic E-state index is 11.3. The van der Waals surface area contributed by atoms with E-state index in [9.17, 15) is 4.79 Å². The van der Waals surface area contributed by atoms with Gasteiger partial charge in [-0.3, -0.25) is 0 Å². The topological polar surface area (TPSA) is 26.3 Å². The van der Waals surface area contributed by atoms with E-state index < -0.39 is 0 Å². The molecule has 0 saturated carbocycles. The Morgan fingerprint density at radius 3 is 3.00 bits per heavy atom. The third-order valence-electron chi connectivity index (χ3n) is 2.39. The lowest BCUT2D eigenvalue weighted by molar-refractivity contribution is -0.140. The van der Waals surface area contributed by atoms with E-state index in [-0.39, 0.29) is 12.1 Å². The molecule has 0 saturated heterocycles. The van der Waals surface area contributed by atoms with Crippen molar-refractivity contribution in [1.82, 2.24) is 0 Å². The smallest absolute Gasteiger partial charge is 0.331 e. The highest BCUT2D eigenvalue weighted by Crippen LogP contribution is 2.17. The van der Waals surface area contributed by atoms with Crippen molar-refractivity contribution in [3.63, 3.8) is 0 Å². The van der Waals surface area contributed by atoms with Gasteiger partial charge in [-0.15, -0.1) is 0 Å². The number of carbonyl (C=O) groups excluding carboxylic acids is 1. The van der Waals surface area contributed by atoms with Gasteiger partial charge >= 0.3 is 5.97 Å². The highest BCUT2D eigenvalue weighted by Gasteiger charge is 2.03. The summed E-state index contributed by atoms with van der Waals surface area (Å²) < 4.78 is 5.02. The second kappa shape index (κ2) is 6.23. The second-order valence-electron chi connectivity index (χ2n) is 3.74. The molecule has 1 aliphatic rings. The molecule has 1 atom stereocenters. The molecule has 0 spiro atoms. The first-order chi connectivity index (χ1) is 7.22. The van der Waals surface area contributed by atoms with E-state index in [0.29, 0.717) is 0 Å². The molecule has 0 aromatic carbocycles. The van der Waals surface area contributed by atoms with Crippen LogP contribution in [0.3, 0.4) is 0 Å². The summed E-state index contributed by atoms with van der Waals surface area (Å²) in [4.78, 5) is 11.3. The second-order valence-corrected chi connectivity index (χ2v) is 3.74. The van der Waals surface area contributed by atoms with Crippen LogP contribution in [0.1, 0.15) is 32.6 Å².